The summed E-state index contributed by atoms with van der Waals surface area (Å²) in [4.78, 5) is 26.7. The first-order chi connectivity index (χ1) is 10.2. The van der Waals surface area contributed by atoms with Gasteiger partial charge in [0.1, 0.15) is 0 Å². The fourth-order valence-corrected chi connectivity index (χ4v) is 3.37. The fourth-order valence-electron chi connectivity index (χ4n) is 2.42. The number of amides is 1. The van der Waals surface area contributed by atoms with Crippen molar-refractivity contribution in [1.29, 1.82) is 0 Å². The summed E-state index contributed by atoms with van der Waals surface area (Å²) >= 11 is 1.41. The molecular weight excluding hydrogens is 286 g/mol. The largest absolute Gasteiger partial charge is 0.465 e. The van der Waals surface area contributed by atoms with Crippen LogP contribution in [0.5, 0.6) is 0 Å². The smallest absolute Gasteiger partial charge is 0.338 e. The Morgan fingerprint density at radius 2 is 1.81 bits per heavy atom. The van der Waals surface area contributed by atoms with E-state index in [0.29, 0.717) is 11.3 Å². The number of hydrogen-bond donors (Lipinski definition) is 0. The summed E-state index contributed by atoms with van der Waals surface area (Å²) in [6, 6.07) is 7.25. The second-order valence-corrected chi connectivity index (χ2v) is 6.09. The van der Waals surface area contributed by atoms with Crippen molar-refractivity contribution < 1.29 is 14.3 Å². The molecule has 0 aromatic heterocycles. The number of methoxy groups -OCH3 is 1. The van der Waals surface area contributed by atoms with E-state index in [-0.39, 0.29) is 11.9 Å². The monoisotopic (exact) mass is 307 g/mol. The van der Waals surface area contributed by atoms with Gasteiger partial charge in [-0.25, -0.2) is 4.79 Å². The number of carbonyl (C=O) groups excluding carboxylic acids is 2. The van der Waals surface area contributed by atoms with Gasteiger partial charge in [0.05, 0.1) is 18.4 Å². The highest BCUT2D eigenvalue weighted by molar-refractivity contribution is 8.00. The molecule has 4 nitrogen and oxygen atoms in total. The van der Waals surface area contributed by atoms with Gasteiger partial charge < -0.3 is 9.64 Å². The van der Waals surface area contributed by atoms with E-state index < -0.39 is 0 Å². The molecule has 1 aromatic rings. The Hall–Kier alpha value is -1.49. The average molecular weight is 307 g/mol. The Labute approximate surface area is 129 Å². The average Bonchev–Trinajstić information content (AvgIpc) is 2.81. The molecule has 2 rings (SSSR count). The molecule has 1 fully saturated rings. The molecule has 1 aliphatic rings. The van der Waals surface area contributed by atoms with Crippen LogP contribution in [0.2, 0.25) is 0 Å². The summed E-state index contributed by atoms with van der Waals surface area (Å²) in [5.41, 5.74) is 0.522. The van der Waals surface area contributed by atoms with Crippen LogP contribution in [0.3, 0.4) is 0 Å². The molecule has 0 atom stereocenters. The number of benzene rings is 1. The Morgan fingerprint density at radius 3 is 2.48 bits per heavy atom. The summed E-state index contributed by atoms with van der Waals surface area (Å²) in [5, 5.41) is 0. The van der Waals surface area contributed by atoms with E-state index in [2.05, 4.69) is 0 Å². The summed E-state index contributed by atoms with van der Waals surface area (Å²) in [6.45, 7) is 1.72. The van der Waals surface area contributed by atoms with E-state index in [9.17, 15) is 9.59 Å². The molecule has 1 aromatic carbocycles. The van der Waals surface area contributed by atoms with Gasteiger partial charge in [-0.1, -0.05) is 25.0 Å². The summed E-state index contributed by atoms with van der Waals surface area (Å²) in [6.07, 6.45) is 4.61. The van der Waals surface area contributed by atoms with E-state index in [1.807, 2.05) is 17.0 Å². The van der Waals surface area contributed by atoms with Gasteiger partial charge in [0, 0.05) is 18.0 Å². The van der Waals surface area contributed by atoms with Crippen molar-refractivity contribution in [3.63, 3.8) is 0 Å². The zero-order valence-corrected chi connectivity index (χ0v) is 13.2. The van der Waals surface area contributed by atoms with E-state index >= 15 is 0 Å². The molecule has 5 heteroatoms. The molecule has 0 N–H and O–H groups in total. The van der Waals surface area contributed by atoms with Gasteiger partial charge in [0.15, 0.2) is 0 Å². The van der Waals surface area contributed by atoms with Gasteiger partial charge in [-0.05, 0) is 25.0 Å². The Bertz CT molecular complexity index is 496. The summed E-state index contributed by atoms with van der Waals surface area (Å²) in [5.74, 6) is 0.162. The molecule has 1 aliphatic heterocycles. The van der Waals surface area contributed by atoms with Crippen LogP contribution in [-0.2, 0) is 9.53 Å². The highest BCUT2D eigenvalue weighted by Gasteiger charge is 2.17. The first-order valence-corrected chi connectivity index (χ1v) is 8.29. The van der Waals surface area contributed by atoms with Crippen LogP contribution in [0.15, 0.2) is 29.2 Å². The molecule has 1 amide bonds. The molecule has 0 aliphatic carbocycles. The molecule has 21 heavy (non-hydrogen) atoms. The highest BCUT2D eigenvalue weighted by Crippen LogP contribution is 2.24. The van der Waals surface area contributed by atoms with Gasteiger partial charge >= 0.3 is 5.97 Å². The minimum absolute atomic E-state index is 0.154. The minimum Gasteiger partial charge on any atom is -0.465 e. The predicted octanol–water partition coefficient (Wildman–Crippen LogP) is 2.97. The summed E-state index contributed by atoms with van der Waals surface area (Å²) in [7, 11) is 1.37. The van der Waals surface area contributed by atoms with Gasteiger partial charge in [-0.3, -0.25) is 4.79 Å². The van der Waals surface area contributed by atoms with Crippen molar-refractivity contribution in [2.24, 2.45) is 0 Å². The maximum absolute atomic E-state index is 12.3. The van der Waals surface area contributed by atoms with Crippen LogP contribution in [0.1, 0.15) is 36.0 Å². The van der Waals surface area contributed by atoms with E-state index in [1.54, 1.807) is 12.1 Å². The number of ether oxygens (including phenoxy) is 1. The first kappa shape index (κ1) is 15.9. The number of thioether (sulfide) groups is 1. The van der Waals surface area contributed by atoms with Crippen molar-refractivity contribution >= 4 is 23.6 Å². The number of hydrogen-bond acceptors (Lipinski definition) is 4. The molecule has 1 saturated heterocycles. The van der Waals surface area contributed by atoms with Gasteiger partial charge in [-0.2, -0.15) is 0 Å². The third-order valence-electron chi connectivity index (χ3n) is 3.60. The standard InChI is InChI=1S/C16H21NO3S/c1-20-16(19)13-8-4-5-9-14(13)21-12-15(18)17-10-6-2-3-7-11-17/h4-5,8-9H,2-3,6-7,10-12H2,1H3. The second-order valence-electron chi connectivity index (χ2n) is 5.07. The van der Waals surface area contributed by atoms with E-state index in [4.69, 9.17) is 4.74 Å². The second kappa shape index (κ2) is 8.08. The highest BCUT2D eigenvalue weighted by atomic mass is 32.2. The topological polar surface area (TPSA) is 46.6 Å². The number of likely N-dealkylation sites (tertiary alicyclic amines) is 1. The Balaban J connectivity index is 1.96. The normalized spacial score (nSPS) is 15.4. The lowest BCUT2D eigenvalue weighted by molar-refractivity contribution is -0.128. The van der Waals surface area contributed by atoms with Crippen molar-refractivity contribution in [1.82, 2.24) is 4.90 Å². The first-order valence-electron chi connectivity index (χ1n) is 7.30. The fraction of sp³-hybridized carbons (Fsp3) is 0.500. The number of rotatable bonds is 4. The lowest BCUT2D eigenvalue weighted by Gasteiger charge is -2.20. The Kier molecular flexibility index (Phi) is 6.11. The molecule has 0 spiro atoms. The minimum atomic E-state index is -0.361. The van der Waals surface area contributed by atoms with Crippen LogP contribution in [0, 0.1) is 0 Å². The number of nitrogens with zero attached hydrogens (tertiary/aromatic N) is 1. The molecule has 114 valence electrons. The van der Waals surface area contributed by atoms with Crippen LogP contribution < -0.4 is 0 Å². The van der Waals surface area contributed by atoms with Gasteiger partial charge in [-0.15, -0.1) is 11.8 Å². The third-order valence-corrected chi connectivity index (χ3v) is 4.66. The zero-order chi connectivity index (χ0) is 15.1. The quantitative estimate of drug-likeness (QED) is 0.634. The van der Waals surface area contributed by atoms with Gasteiger partial charge in [0.2, 0.25) is 5.91 Å². The van der Waals surface area contributed by atoms with Crippen molar-refractivity contribution in [3.05, 3.63) is 29.8 Å². The lowest BCUT2D eigenvalue weighted by Crippen LogP contribution is -2.33. The number of esters is 1. The van der Waals surface area contributed by atoms with Crippen LogP contribution >= 0.6 is 11.8 Å². The van der Waals surface area contributed by atoms with Crippen LogP contribution in [0.25, 0.3) is 0 Å². The van der Waals surface area contributed by atoms with Crippen LogP contribution in [0.4, 0.5) is 0 Å². The van der Waals surface area contributed by atoms with E-state index in [1.165, 1.54) is 31.7 Å². The lowest BCUT2D eigenvalue weighted by atomic mass is 10.2. The Morgan fingerprint density at radius 1 is 1.14 bits per heavy atom. The van der Waals surface area contributed by atoms with Crippen molar-refractivity contribution in [3.8, 4) is 0 Å². The maximum atomic E-state index is 12.3. The summed E-state index contributed by atoms with van der Waals surface area (Å²) < 4.78 is 4.77. The third kappa shape index (κ3) is 4.49. The van der Waals surface area contributed by atoms with Gasteiger partial charge in [0.25, 0.3) is 0 Å². The molecule has 0 unspecified atom stereocenters. The van der Waals surface area contributed by atoms with Crippen molar-refractivity contribution in [2.75, 3.05) is 26.0 Å². The molecule has 0 radical (unpaired) electrons. The number of carbonyl (C=O) groups is 2. The van der Waals surface area contributed by atoms with Crippen molar-refractivity contribution in [2.45, 2.75) is 30.6 Å². The predicted molar refractivity (Wildman–Crippen MR) is 83.6 cm³/mol. The molecule has 0 saturated carbocycles. The van der Waals surface area contributed by atoms with Crippen LogP contribution in [-0.4, -0.2) is 42.7 Å². The molecular formula is C16H21NO3S. The molecule has 0 bridgehead atoms. The molecule has 1 heterocycles. The SMILES string of the molecule is COC(=O)c1ccccc1SCC(=O)N1CCCCCC1. The van der Waals surface area contributed by atoms with E-state index in [0.717, 1.165) is 30.8 Å². The zero-order valence-electron chi connectivity index (χ0n) is 12.3. The maximum Gasteiger partial charge on any atom is 0.338 e.